The van der Waals surface area contributed by atoms with Crippen LogP contribution in [-0.4, -0.2) is 74.2 Å². The van der Waals surface area contributed by atoms with Crippen LogP contribution in [0.3, 0.4) is 0 Å². The lowest BCUT2D eigenvalue weighted by Gasteiger charge is -2.38. The van der Waals surface area contributed by atoms with Gasteiger partial charge in [-0.05, 0) is 60.8 Å². The van der Waals surface area contributed by atoms with E-state index in [4.69, 9.17) is 4.74 Å². The number of sulfonamides is 1. The van der Waals surface area contributed by atoms with Crippen molar-refractivity contribution in [2.45, 2.75) is 30.2 Å². The number of anilines is 2. The summed E-state index contributed by atoms with van der Waals surface area (Å²) >= 11 is 1.07. The Morgan fingerprint density at radius 3 is 2.58 bits per heavy atom. The lowest BCUT2D eigenvalue weighted by Crippen LogP contribution is -2.50. The van der Waals surface area contributed by atoms with Gasteiger partial charge in [-0.25, -0.2) is 17.6 Å². The molecule has 0 fully saturated rings. The van der Waals surface area contributed by atoms with Crippen molar-refractivity contribution in [2.24, 2.45) is 5.92 Å². The second kappa shape index (κ2) is 12.2. The average Bonchev–Trinajstić information content (AvgIpc) is 3.48. The smallest absolute Gasteiger partial charge is 0.321 e. The maximum absolute atomic E-state index is 13.6. The zero-order valence-corrected chi connectivity index (χ0v) is 23.8. The molecule has 2 heterocycles. The fourth-order valence-electron chi connectivity index (χ4n) is 4.23. The molecule has 214 valence electrons. The lowest BCUT2D eigenvalue weighted by atomic mass is 9.99. The number of nitrogens with one attached hydrogen (secondary N) is 2. The molecule has 0 saturated heterocycles. The number of thiophene rings is 1. The minimum absolute atomic E-state index is 0.127. The van der Waals surface area contributed by atoms with Gasteiger partial charge in [0.1, 0.15) is 21.9 Å². The fraction of sp³-hybridized carbons (Fsp3) is 0.333. The third kappa shape index (κ3) is 6.72. The standard InChI is InChI=1S/C27H31FN4O6S2/c1-17-14-32(18(2)16-33)26(34)22-13-21(30-40(36,37)25-5-4-12-39-25)10-11-23(22)38-24(17)15-31(3)27(35)29-20-8-6-19(28)7-9-20/h4-13,17-18,24,30,33H,14-16H2,1-3H3,(H,29,35)/t17-,18+,24+/m1/s1. The normalized spacial score (nSPS) is 18.1. The summed E-state index contributed by atoms with van der Waals surface area (Å²) in [6.45, 7) is 3.70. The van der Waals surface area contributed by atoms with Crippen molar-refractivity contribution >= 4 is 44.7 Å². The molecular weight excluding hydrogens is 559 g/mol. The number of carbonyl (C=O) groups excluding carboxylic acids is 2. The molecule has 1 aromatic heterocycles. The van der Waals surface area contributed by atoms with Gasteiger partial charge in [-0.15, -0.1) is 11.3 Å². The van der Waals surface area contributed by atoms with Crippen LogP contribution in [0.4, 0.5) is 20.6 Å². The topological polar surface area (TPSA) is 128 Å². The van der Waals surface area contributed by atoms with Gasteiger partial charge in [0.2, 0.25) is 0 Å². The summed E-state index contributed by atoms with van der Waals surface area (Å²) in [5.41, 5.74) is 0.741. The largest absolute Gasteiger partial charge is 0.487 e. The number of carbonyl (C=O) groups is 2. The lowest BCUT2D eigenvalue weighted by molar-refractivity contribution is 0.0371. The monoisotopic (exact) mass is 590 g/mol. The van der Waals surface area contributed by atoms with E-state index in [1.807, 2.05) is 6.92 Å². The Hall–Kier alpha value is -3.68. The molecule has 3 amide bonds. The van der Waals surface area contributed by atoms with Gasteiger partial charge in [-0.3, -0.25) is 9.52 Å². The number of rotatable bonds is 8. The zero-order chi connectivity index (χ0) is 29.0. The van der Waals surface area contributed by atoms with E-state index in [0.717, 1.165) is 11.3 Å². The second-order valence-corrected chi connectivity index (χ2v) is 12.5. The van der Waals surface area contributed by atoms with Crippen LogP contribution < -0.4 is 14.8 Å². The zero-order valence-electron chi connectivity index (χ0n) is 22.2. The Labute approximate surface area is 236 Å². The first-order chi connectivity index (χ1) is 19.0. The molecule has 3 N–H and O–H groups in total. The summed E-state index contributed by atoms with van der Waals surface area (Å²) in [4.78, 5) is 29.4. The van der Waals surface area contributed by atoms with Crippen molar-refractivity contribution in [3.63, 3.8) is 0 Å². The number of likely N-dealkylation sites (N-methyl/N-ethyl adjacent to an activating group) is 1. The molecule has 0 spiro atoms. The van der Waals surface area contributed by atoms with E-state index in [-0.39, 0.29) is 46.8 Å². The van der Waals surface area contributed by atoms with Crippen molar-refractivity contribution in [3.8, 4) is 5.75 Å². The summed E-state index contributed by atoms with van der Waals surface area (Å²) in [6.07, 6.45) is -0.558. The molecule has 0 unspecified atom stereocenters. The van der Waals surface area contributed by atoms with E-state index in [1.54, 1.807) is 25.4 Å². The molecule has 0 radical (unpaired) electrons. The van der Waals surface area contributed by atoms with Crippen molar-refractivity contribution in [1.82, 2.24) is 9.80 Å². The van der Waals surface area contributed by atoms with Crippen molar-refractivity contribution in [1.29, 1.82) is 0 Å². The summed E-state index contributed by atoms with van der Waals surface area (Å²) in [5.74, 6) is -0.853. The molecule has 3 aromatic rings. The van der Waals surface area contributed by atoms with Crippen LogP contribution in [0.25, 0.3) is 0 Å². The molecule has 3 atom stereocenters. The molecule has 10 nitrogen and oxygen atoms in total. The number of benzene rings is 2. The number of aliphatic hydroxyl groups excluding tert-OH is 1. The van der Waals surface area contributed by atoms with E-state index in [0.29, 0.717) is 5.69 Å². The minimum Gasteiger partial charge on any atom is -0.487 e. The van der Waals surface area contributed by atoms with Gasteiger partial charge in [0.05, 0.1) is 24.8 Å². The molecule has 0 bridgehead atoms. The van der Waals surface area contributed by atoms with E-state index in [2.05, 4.69) is 10.0 Å². The van der Waals surface area contributed by atoms with Crippen LogP contribution in [0.2, 0.25) is 0 Å². The Kier molecular flexibility index (Phi) is 8.96. The van der Waals surface area contributed by atoms with Gasteiger partial charge in [-0.2, -0.15) is 0 Å². The molecule has 0 saturated carbocycles. The third-order valence-corrected chi connectivity index (χ3v) is 9.35. The Morgan fingerprint density at radius 2 is 1.93 bits per heavy atom. The van der Waals surface area contributed by atoms with Crippen LogP contribution in [-0.2, 0) is 10.0 Å². The van der Waals surface area contributed by atoms with E-state index < -0.39 is 39.9 Å². The maximum Gasteiger partial charge on any atom is 0.321 e. The van der Waals surface area contributed by atoms with Crippen LogP contribution in [0.5, 0.6) is 5.75 Å². The maximum atomic E-state index is 13.6. The van der Waals surface area contributed by atoms with Crippen LogP contribution in [0.1, 0.15) is 24.2 Å². The number of hydrogen-bond acceptors (Lipinski definition) is 7. The molecule has 4 rings (SSSR count). The number of hydrogen-bond donors (Lipinski definition) is 3. The molecule has 0 aliphatic carbocycles. The second-order valence-electron chi connectivity index (χ2n) is 9.69. The van der Waals surface area contributed by atoms with Gasteiger partial charge in [-0.1, -0.05) is 13.0 Å². The Morgan fingerprint density at radius 1 is 1.23 bits per heavy atom. The van der Waals surface area contributed by atoms with Crippen molar-refractivity contribution in [3.05, 3.63) is 71.4 Å². The molecular formula is C27H31FN4O6S2. The van der Waals surface area contributed by atoms with Crippen LogP contribution in [0.15, 0.2) is 64.2 Å². The number of fused-ring (bicyclic) bond motifs is 1. The summed E-state index contributed by atoms with van der Waals surface area (Å²) in [7, 11) is -2.25. The van der Waals surface area contributed by atoms with Crippen LogP contribution in [0, 0.1) is 11.7 Å². The van der Waals surface area contributed by atoms with E-state index in [1.165, 1.54) is 58.3 Å². The number of amides is 3. The van der Waals surface area contributed by atoms with E-state index >= 15 is 0 Å². The first kappa shape index (κ1) is 29.3. The van der Waals surface area contributed by atoms with Gasteiger partial charge in [0.25, 0.3) is 15.9 Å². The van der Waals surface area contributed by atoms with E-state index in [9.17, 15) is 27.5 Å². The number of halogens is 1. The minimum atomic E-state index is -3.85. The number of urea groups is 1. The van der Waals surface area contributed by atoms with Gasteiger partial charge in [0.15, 0.2) is 0 Å². The molecule has 40 heavy (non-hydrogen) atoms. The fourth-order valence-corrected chi connectivity index (χ4v) is 6.27. The molecule has 1 aliphatic rings. The number of nitrogens with zero attached hydrogens (tertiary/aromatic N) is 2. The highest BCUT2D eigenvalue weighted by Crippen LogP contribution is 2.32. The van der Waals surface area contributed by atoms with Crippen LogP contribution >= 0.6 is 11.3 Å². The number of aliphatic hydroxyl groups is 1. The molecule has 2 aromatic carbocycles. The third-order valence-electron chi connectivity index (χ3n) is 6.57. The highest BCUT2D eigenvalue weighted by atomic mass is 32.2. The molecule has 13 heteroatoms. The quantitative estimate of drug-likeness (QED) is 0.363. The summed E-state index contributed by atoms with van der Waals surface area (Å²) in [5, 5.41) is 14.2. The highest BCUT2D eigenvalue weighted by Gasteiger charge is 2.34. The first-order valence-corrected chi connectivity index (χ1v) is 14.9. The number of ether oxygens (including phenoxy) is 1. The summed E-state index contributed by atoms with van der Waals surface area (Å²) < 4.78 is 47.6. The van der Waals surface area contributed by atoms with Crippen molar-refractivity contribution in [2.75, 3.05) is 36.8 Å². The Balaban J connectivity index is 1.60. The summed E-state index contributed by atoms with van der Waals surface area (Å²) in [6, 6.07) is 12.0. The highest BCUT2D eigenvalue weighted by molar-refractivity contribution is 7.94. The SMILES string of the molecule is C[C@@H]1CN([C@@H](C)CO)C(=O)c2cc(NS(=O)(=O)c3cccs3)ccc2O[C@H]1CN(C)C(=O)Nc1ccc(F)cc1. The average molecular weight is 591 g/mol. The van der Waals surface area contributed by atoms with Crippen molar-refractivity contribution < 1.29 is 32.2 Å². The predicted molar refractivity (Wildman–Crippen MR) is 151 cm³/mol. The van der Waals surface area contributed by atoms with Gasteiger partial charge in [0, 0.05) is 30.9 Å². The van der Waals surface area contributed by atoms with Gasteiger partial charge >= 0.3 is 6.03 Å². The first-order valence-electron chi connectivity index (χ1n) is 12.5. The molecule has 1 aliphatic heterocycles. The Bertz CT molecular complexity index is 1450. The predicted octanol–water partition coefficient (Wildman–Crippen LogP) is 4.07. The van der Waals surface area contributed by atoms with Gasteiger partial charge < -0.3 is 25.0 Å².